The summed E-state index contributed by atoms with van der Waals surface area (Å²) in [5, 5.41) is 2.98. The molecule has 1 aliphatic heterocycles. The Morgan fingerprint density at radius 1 is 1.83 bits per heavy atom. The van der Waals surface area contributed by atoms with Gasteiger partial charge in [0.1, 0.15) is 0 Å². The molecule has 0 spiro atoms. The number of rotatable bonds is 0. The van der Waals surface area contributed by atoms with E-state index in [2.05, 4.69) is 16.7 Å². The molecule has 0 fully saturated rings. The van der Waals surface area contributed by atoms with Gasteiger partial charge < -0.3 is 0 Å². The van der Waals surface area contributed by atoms with Gasteiger partial charge in [0.2, 0.25) is 0 Å². The Morgan fingerprint density at radius 2 is 2.83 bits per heavy atom. The van der Waals surface area contributed by atoms with Gasteiger partial charge >= 0.3 is 0 Å². The van der Waals surface area contributed by atoms with Crippen molar-refractivity contribution in [1.29, 1.82) is 0 Å². The van der Waals surface area contributed by atoms with E-state index in [4.69, 9.17) is 0 Å². The van der Waals surface area contributed by atoms with E-state index in [1.807, 2.05) is 0 Å². The van der Waals surface area contributed by atoms with Crippen molar-refractivity contribution < 1.29 is 0 Å². The summed E-state index contributed by atoms with van der Waals surface area (Å²) in [5.41, 5.74) is 0. The van der Waals surface area contributed by atoms with Crippen molar-refractivity contribution >= 4 is 6.21 Å². The molecule has 0 bridgehead atoms. The second-order valence-corrected chi connectivity index (χ2v) is 1.10. The highest BCUT2D eigenvalue weighted by Crippen LogP contribution is 1.75. The highest BCUT2D eigenvalue weighted by atomic mass is 15.0. The third kappa shape index (κ3) is 0.792. The lowest BCUT2D eigenvalue weighted by Crippen LogP contribution is -2.19. The summed E-state index contributed by atoms with van der Waals surface area (Å²) < 4.78 is 0. The lowest BCUT2D eigenvalue weighted by atomic mass is 10.4. The third-order valence-corrected chi connectivity index (χ3v) is 0.613. The zero-order valence-electron chi connectivity index (χ0n) is 3.44. The maximum Gasteiger partial charge on any atom is 0.0881 e. The number of aliphatic imine (C=N–C) groups is 1. The van der Waals surface area contributed by atoms with E-state index in [-0.39, 0.29) is 0 Å². The largest absolute Gasteiger partial charge is 0.297 e. The fourth-order valence-corrected chi connectivity index (χ4v) is 0.348. The minimum atomic E-state index is 0.757. The first-order valence-corrected chi connectivity index (χ1v) is 1.92. The van der Waals surface area contributed by atoms with Crippen LogP contribution >= 0.6 is 0 Å². The first kappa shape index (κ1) is 3.81. The summed E-state index contributed by atoms with van der Waals surface area (Å²) >= 11 is 0. The first-order valence-electron chi connectivity index (χ1n) is 1.92. The van der Waals surface area contributed by atoms with Crippen LogP contribution in [0, 0.1) is 6.42 Å². The minimum Gasteiger partial charge on any atom is -0.297 e. The molecule has 0 aromatic carbocycles. The van der Waals surface area contributed by atoms with Crippen molar-refractivity contribution in [1.82, 2.24) is 5.32 Å². The summed E-state index contributed by atoms with van der Waals surface area (Å²) in [6.45, 7) is 1.61. The van der Waals surface area contributed by atoms with Crippen molar-refractivity contribution in [2.24, 2.45) is 4.99 Å². The van der Waals surface area contributed by atoms with Gasteiger partial charge in [-0.1, -0.05) is 0 Å². The fraction of sp³-hybridized carbons (Fsp3) is 0.500. The zero-order chi connectivity index (χ0) is 4.24. The monoisotopic (exact) mass is 82.1 g/mol. The van der Waals surface area contributed by atoms with Gasteiger partial charge in [-0.05, 0) is 0 Å². The van der Waals surface area contributed by atoms with Gasteiger partial charge in [0.25, 0.3) is 0 Å². The minimum absolute atomic E-state index is 0.757. The van der Waals surface area contributed by atoms with Crippen LogP contribution < -0.4 is 5.32 Å². The van der Waals surface area contributed by atoms with Crippen LogP contribution in [0.15, 0.2) is 4.99 Å². The average Bonchev–Trinajstić information content (AvgIpc) is 1.72. The molecule has 32 valence electrons. The Bertz CT molecular complexity index is 50.6. The van der Waals surface area contributed by atoms with E-state index in [1.165, 1.54) is 0 Å². The van der Waals surface area contributed by atoms with E-state index in [1.54, 1.807) is 6.21 Å². The summed E-state index contributed by atoms with van der Waals surface area (Å²) in [6, 6.07) is 0. The molecule has 0 saturated heterocycles. The summed E-state index contributed by atoms with van der Waals surface area (Å²) in [5.74, 6) is 0. The Morgan fingerprint density at radius 3 is 3.00 bits per heavy atom. The van der Waals surface area contributed by atoms with Gasteiger partial charge in [0.15, 0.2) is 0 Å². The molecule has 2 nitrogen and oxygen atoms in total. The molecule has 0 aliphatic carbocycles. The Hall–Kier alpha value is -0.370. The van der Waals surface area contributed by atoms with Gasteiger partial charge in [-0.15, -0.1) is 0 Å². The molecule has 1 rings (SSSR count). The van der Waals surface area contributed by atoms with Crippen LogP contribution in [-0.4, -0.2) is 19.4 Å². The number of hydrogen-bond donors (Lipinski definition) is 1. The molecule has 1 aliphatic rings. The van der Waals surface area contributed by atoms with Crippen molar-refractivity contribution in [3.8, 4) is 0 Å². The smallest absolute Gasteiger partial charge is 0.0881 e. The molecule has 2 radical (unpaired) electrons. The van der Waals surface area contributed by atoms with Crippen LogP contribution in [0.4, 0.5) is 0 Å². The quantitative estimate of drug-likeness (QED) is 0.426. The van der Waals surface area contributed by atoms with Crippen LogP contribution in [0.5, 0.6) is 0 Å². The highest BCUT2D eigenvalue weighted by molar-refractivity contribution is 5.68. The summed E-state index contributed by atoms with van der Waals surface area (Å²) in [4.78, 5) is 3.83. The second kappa shape index (κ2) is 1.92. The molecule has 0 saturated carbocycles. The number of hydrogen-bond acceptors (Lipinski definition) is 2. The maximum absolute atomic E-state index is 3.83. The molecule has 0 amide bonds. The SMILES string of the molecule is [C]1C=NCNC1. The Balaban J connectivity index is 2.26. The van der Waals surface area contributed by atoms with Gasteiger partial charge in [-0.25, -0.2) is 0 Å². The molecular weight excluding hydrogens is 76.1 g/mol. The van der Waals surface area contributed by atoms with Gasteiger partial charge in [-0.2, -0.15) is 0 Å². The molecule has 0 aromatic heterocycles. The summed E-state index contributed by atoms with van der Waals surface area (Å²) in [7, 11) is 0. The van der Waals surface area contributed by atoms with Crippen molar-refractivity contribution in [2.45, 2.75) is 0 Å². The van der Waals surface area contributed by atoms with Crippen molar-refractivity contribution in [2.75, 3.05) is 13.2 Å². The fourth-order valence-electron chi connectivity index (χ4n) is 0.348. The third-order valence-electron chi connectivity index (χ3n) is 0.613. The van der Waals surface area contributed by atoms with E-state index in [0.29, 0.717) is 0 Å². The molecule has 1 heterocycles. The second-order valence-electron chi connectivity index (χ2n) is 1.10. The first-order chi connectivity index (χ1) is 3.00. The van der Waals surface area contributed by atoms with E-state index >= 15 is 0 Å². The van der Waals surface area contributed by atoms with Crippen molar-refractivity contribution in [3.05, 3.63) is 6.42 Å². The lowest BCUT2D eigenvalue weighted by Gasteiger charge is -2.00. The number of nitrogens with one attached hydrogen (secondary N) is 1. The molecule has 6 heavy (non-hydrogen) atoms. The van der Waals surface area contributed by atoms with Crippen LogP contribution in [0.2, 0.25) is 0 Å². The van der Waals surface area contributed by atoms with E-state index in [9.17, 15) is 0 Å². The molecule has 1 N–H and O–H groups in total. The normalized spacial score (nSPS) is 21.3. The maximum atomic E-state index is 3.83. The Kier molecular flexibility index (Phi) is 1.22. The van der Waals surface area contributed by atoms with Crippen LogP contribution in [-0.2, 0) is 0 Å². The zero-order valence-corrected chi connectivity index (χ0v) is 3.44. The highest BCUT2D eigenvalue weighted by Gasteiger charge is 1.86. The van der Waals surface area contributed by atoms with Crippen LogP contribution in [0.25, 0.3) is 0 Å². The predicted octanol–water partition coefficient (Wildman–Crippen LogP) is -0.301. The molecule has 0 aromatic rings. The van der Waals surface area contributed by atoms with Gasteiger partial charge in [0.05, 0.1) is 6.67 Å². The molecule has 2 heteroatoms. The van der Waals surface area contributed by atoms with Crippen molar-refractivity contribution in [3.63, 3.8) is 0 Å². The topological polar surface area (TPSA) is 24.4 Å². The van der Waals surface area contributed by atoms with E-state index in [0.717, 1.165) is 13.2 Å². The standard InChI is InChI=1S/C4H6N2/c1-2-5-4-6-3-1/h2,6H,3-4H2. The molecule has 0 unspecified atom stereocenters. The molecule has 0 atom stereocenters. The Labute approximate surface area is 37.3 Å². The van der Waals surface area contributed by atoms with Crippen LogP contribution in [0.3, 0.4) is 0 Å². The van der Waals surface area contributed by atoms with Crippen LogP contribution in [0.1, 0.15) is 0 Å². The number of nitrogens with zero attached hydrogens (tertiary/aromatic N) is 1. The average molecular weight is 82.1 g/mol. The molecular formula is C4H6N2. The lowest BCUT2D eigenvalue weighted by molar-refractivity contribution is 0.750. The predicted molar refractivity (Wildman–Crippen MR) is 24.6 cm³/mol. The van der Waals surface area contributed by atoms with Gasteiger partial charge in [-0.3, -0.25) is 10.3 Å². The van der Waals surface area contributed by atoms with Gasteiger partial charge in [0, 0.05) is 19.2 Å². The summed E-state index contributed by atoms with van der Waals surface area (Å²) in [6.07, 6.45) is 4.59. The van der Waals surface area contributed by atoms with E-state index < -0.39 is 0 Å².